The standard InChI is InChI=1S/C12H10ClNO3/c1-17-10(15)8-5-12(8)7-4-6(13)2-3-9(7)14-11(12)16/h2-4,8H,5H2,1H3,(H,14,16)/t8-,12-/m0/s1. The monoisotopic (exact) mass is 251 g/mol. The van der Waals surface area contributed by atoms with Gasteiger partial charge in [-0.2, -0.15) is 0 Å². The number of halogens is 1. The number of anilines is 1. The normalized spacial score (nSPS) is 28.8. The van der Waals surface area contributed by atoms with Gasteiger partial charge in [0.05, 0.1) is 18.4 Å². The minimum Gasteiger partial charge on any atom is -0.469 e. The van der Waals surface area contributed by atoms with E-state index in [2.05, 4.69) is 5.32 Å². The lowest BCUT2D eigenvalue weighted by molar-refractivity contribution is -0.143. The Bertz CT molecular complexity index is 543. The first-order valence-corrected chi connectivity index (χ1v) is 5.66. The zero-order valence-electron chi connectivity index (χ0n) is 9.12. The van der Waals surface area contributed by atoms with Gasteiger partial charge in [0.25, 0.3) is 0 Å². The van der Waals surface area contributed by atoms with E-state index >= 15 is 0 Å². The van der Waals surface area contributed by atoms with E-state index in [9.17, 15) is 9.59 Å². The molecule has 1 heterocycles. The molecule has 1 aromatic rings. The van der Waals surface area contributed by atoms with Crippen molar-refractivity contribution in [1.82, 2.24) is 0 Å². The summed E-state index contributed by atoms with van der Waals surface area (Å²) in [6.45, 7) is 0. The van der Waals surface area contributed by atoms with E-state index in [1.807, 2.05) is 0 Å². The first-order valence-electron chi connectivity index (χ1n) is 5.29. The third-order valence-corrected chi connectivity index (χ3v) is 3.80. The molecule has 17 heavy (non-hydrogen) atoms. The van der Waals surface area contributed by atoms with Gasteiger partial charge in [-0.15, -0.1) is 0 Å². The van der Waals surface area contributed by atoms with Crippen LogP contribution < -0.4 is 5.32 Å². The van der Waals surface area contributed by atoms with Crippen molar-refractivity contribution in [2.24, 2.45) is 5.92 Å². The van der Waals surface area contributed by atoms with Gasteiger partial charge < -0.3 is 10.1 Å². The van der Waals surface area contributed by atoms with Crippen LogP contribution in [0.2, 0.25) is 5.02 Å². The molecule has 2 atom stereocenters. The molecule has 0 saturated heterocycles. The molecular formula is C12H10ClNO3. The van der Waals surface area contributed by atoms with Gasteiger partial charge in [-0.05, 0) is 30.2 Å². The van der Waals surface area contributed by atoms with Crippen LogP contribution in [0.5, 0.6) is 0 Å². The topological polar surface area (TPSA) is 55.4 Å². The second-order valence-corrected chi connectivity index (χ2v) is 4.83. The lowest BCUT2D eigenvalue weighted by atomic mass is 9.95. The van der Waals surface area contributed by atoms with Crippen LogP contribution in [0.25, 0.3) is 0 Å². The van der Waals surface area contributed by atoms with E-state index < -0.39 is 5.41 Å². The van der Waals surface area contributed by atoms with Crippen LogP contribution >= 0.6 is 11.6 Å². The largest absolute Gasteiger partial charge is 0.469 e. The van der Waals surface area contributed by atoms with Gasteiger partial charge in [0.1, 0.15) is 0 Å². The van der Waals surface area contributed by atoms with Gasteiger partial charge in [0.2, 0.25) is 5.91 Å². The molecule has 0 bridgehead atoms. The van der Waals surface area contributed by atoms with Crippen LogP contribution in [0.1, 0.15) is 12.0 Å². The number of esters is 1. The Labute approximate surface area is 103 Å². The molecule has 0 radical (unpaired) electrons. The molecule has 1 aliphatic carbocycles. The quantitative estimate of drug-likeness (QED) is 0.774. The zero-order valence-corrected chi connectivity index (χ0v) is 9.88. The maximum absolute atomic E-state index is 12.0. The fraction of sp³-hybridized carbons (Fsp3) is 0.333. The van der Waals surface area contributed by atoms with E-state index in [4.69, 9.17) is 16.3 Å². The Balaban J connectivity index is 2.07. The summed E-state index contributed by atoms with van der Waals surface area (Å²) in [4.78, 5) is 23.5. The van der Waals surface area contributed by atoms with Crippen LogP contribution in [-0.2, 0) is 19.7 Å². The predicted octanol–water partition coefficient (Wildman–Crippen LogP) is 1.72. The van der Waals surface area contributed by atoms with Crippen LogP contribution in [0.4, 0.5) is 5.69 Å². The Morgan fingerprint density at radius 1 is 1.59 bits per heavy atom. The highest BCUT2D eigenvalue weighted by molar-refractivity contribution is 6.31. The number of rotatable bonds is 1. The summed E-state index contributed by atoms with van der Waals surface area (Å²) in [5.41, 5.74) is 0.809. The Kier molecular flexibility index (Phi) is 2.01. The van der Waals surface area contributed by atoms with Crippen molar-refractivity contribution < 1.29 is 14.3 Å². The fourth-order valence-corrected chi connectivity index (χ4v) is 2.76. The SMILES string of the molecule is COC(=O)[C@@H]1C[C@@]12C(=O)Nc1ccc(Cl)cc12. The van der Waals surface area contributed by atoms with Crippen molar-refractivity contribution in [2.75, 3.05) is 12.4 Å². The summed E-state index contributed by atoms with van der Waals surface area (Å²) >= 11 is 5.93. The highest BCUT2D eigenvalue weighted by Crippen LogP contribution is 2.60. The first kappa shape index (κ1) is 10.6. The summed E-state index contributed by atoms with van der Waals surface area (Å²) in [7, 11) is 1.33. The average molecular weight is 252 g/mol. The van der Waals surface area contributed by atoms with Gasteiger partial charge in [0, 0.05) is 10.7 Å². The van der Waals surface area contributed by atoms with Crippen LogP contribution in [0.3, 0.4) is 0 Å². The molecule has 2 aliphatic rings. The summed E-state index contributed by atoms with van der Waals surface area (Å²) < 4.78 is 4.70. The second-order valence-electron chi connectivity index (χ2n) is 4.40. The molecule has 1 aromatic carbocycles. The molecule has 0 unspecified atom stereocenters. The molecule has 1 amide bonds. The average Bonchev–Trinajstić information content (AvgIpc) is 3.00. The molecule has 1 aliphatic heterocycles. The first-order chi connectivity index (χ1) is 8.09. The number of ether oxygens (including phenoxy) is 1. The van der Waals surface area contributed by atoms with E-state index in [-0.39, 0.29) is 17.8 Å². The molecule has 3 rings (SSSR count). The van der Waals surface area contributed by atoms with E-state index in [1.54, 1.807) is 18.2 Å². The number of benzene rings is 1. The molecule has 88 valence electrons. The van der Waals surface area contributed by atoms with Crippen molar-refractivity contribution in [3.63, 3.8) is 0 Å². The van der Waals surface area contributed by atoms with Gasteiger partial charge in [-0.3, -0.25) is 9.59 Å². The van der Waals surface area contributed by atoms with Gasteiger partial charge in [-0.1, -0.05) is 11.6 Å². The second kappa shape index (κ2) is 3.23. The van der Waals surface area contributed by atoms with Crippen molar-refractivity contribution in [2.45, 2.75) is 11.8 Å². The van der Waals surface area contributed by atoms with E-state index in [0.29, 0.717) is 11.4 Å². The Morgan fingerprint density at radius 3 is 3.06 bits per heavy atom. The number of methoxy groups -OCH3 is 1. The minimum atomic E-state index is -0.743. The van der Waals surface area contributed by atoms with E-state index in [1.165, 1.54) is 7.11 Å². The highest BCUT2D eigenvalue weighted by Gasteiger charge is 2.68. The van der Waals surface area contributed by atoms with Crippen LogP contribution in [0, 0.1) is 5.92 Å². The maximum atomic E-state index is 12.0. The highest BCUT2D eigenvalue weighted by atomic mass is 35.5. The fourth-order valence-electron chi connectivity index (χ4n) is 2.59. The van der Waals surface area contributed by atoms with Crippen molar-refractivity contribution in [1.29, 1.82) is 0 Å². The van der Waals surface area contributed by atoms with Gasteiger partial charge >= 0.3 is 5.97 Å². The summed E-state index contributed by atoms with van der Waals surface area (Å²) in [5.74, 6) is -0.856. The Morgan fingerprint density at radius 2 is 2.35 bits per heavy atom. The number of carbonyl (C=O) groups excluding carboxylic acids is 2. The van der Waals surface area contributed by atoms with Gasteiger partial charge in [-0.25, -0.2) is 0 Å². The third kappa shape index (κ3) is 1.24. The minimum absolute atomic E-state index is 0.134. The number of nitrogens with one attached hydrogen (secondary N) is 1. The molecule has 5 heteroatoms. The summed E-state index contributed by atoms with van der Waals surface area (Å²) in [5, 5.41) is 3.35. The Hall–Kier alpha value is -1.55. The molecule has 0 aromatic heterocycles. The molecule has 4 nitrogen and oxygen atoms in total. The van der Waals surface area contributed by atoms with Crippen molar-refractivity contribution in [3.8, 4) is 0 Å². The molecule has 1 saturated carbocycles. The molecule has 1 spiro atoms. The van der Waals surface area contributed by atoms with Crippen molar-refractivity contribution >= 4 is 29.2 Å². The predicted molar refractivity (Wildman–Crippen MR) is 61.9 cm³/mol. The molecule has 1 N–H and O–H groups in total. The van der Waals surface area contributed by atoms with Gasteiger partial charge in [0.15, 0.2) is 0 Å². The number of amides is 1. The number of hydrogen-bond donors (Lipinski definition) is 1. The third-order valence-electron chi connectivity index (χ3n) is 3.56. The molecular weight excluding hydrogens is 242 g/mol. The van der Waals surface area contributed by atoms with Crippen molar-refractivity contribution in [3.05, 3.63) is 28.8 Å². The summed E-state index contributed by atoms with van der Waals surface area (Å²) in [6.07, 6.45) is 0.499. The zero-order chi connectivity index (χ0) is 12.2. The van der Waals surface area contributed by atoms with E-state index in [0.717, 1.165) is 11.3 Å². The maximum Gasteiger partial charge on any atom is 0.310 e. The summed E-state index contributed by atoms with van der Waals surface area (Å²) in [6, 6.07) is 5.23. The van der Waals surface area contributed by atoms with Crippen LogP contribution in [0.15, 0.2) is 18.2 Å². The van der Waals surface area contributed by atoms with Crippen LogP contribution in [-0.4, -0.2) is 19.0 Å². The number of hydrogen-bond acceptors (Lipinski definition) is 3. The lowest BCUT2D eigenvalue weighted by Crippen LogP contribution is -2.24. The lowest BCUT2D eigenvalue weighted by Gasteiger charge is -2.07. The smallest absolute Gasteiger partial charge is 0.310 e. The number of fused-ring (bicyclic) bond motifs is 2. The molecule has 1 fully saturated rings. The number of carbonyl (C=O) groups is 2.